The fraction of sp³-hybridized carbons (Fsp3) is 0.583. The second-order valence-corrected chi connectivity index (χ2v) is 4.60. The van der Waals surface area contributed by atoms with E-state index in [1.165, 1.54) is 19.3 Å². The van der Waals surface area contributed by atoms with Crippen molar-refractivity contribution in [2.24, 2.45) is 5.92 Å². The van der Waals surface area contributed by atoms with E-state index in [0.29, 0.717) is 24.1 Å². The first-order valence-corrected chi connectivity index (χ1v) is 6.03. The fourth-order valence-electron chi connectivity index (χ4n) is 2.48. The molecule has 7 nitrogen and oxygen atoms in total. The Morgan fingerprint density at radius 1 is 1.00 bits per heavy atom. The van der Waals surface area contributed by atoms with Crippen LogP contribution in [-0.4, -0.2) is 45.3 Å². The minimum Gasteiger partial charge on any atom is -0.480 e. The number of hydrogen-bond donors (Lipinski definition) is 4. The summed E-state index contributed by atoms with van der Waals surface area (Å²) >= 11 is 0. The Kier molecular flexibility index (Phi) is 5.50. The van der Waals surface area contributed by atoms with Gasteiger partial charge in [0.05, 0.1) is 0 Å². The maximum atomic E-state index is 10.6. The van der Waals surface area contributed by atoms with Crippen molar-refractivity contribution < 1.29 is 29.7 Å². The molecular weight excluding hydrogens is 254 g/mol. The summed E-state index contributed by atoms with van der Waals surface area (Å²) in [6.07, 6.45) is 5.63. The molecular formula is C12H17NO6. The molecule has 1 heterocycles. The lowest BCUT2D eigenvalue weighted by molar-refractivity contribution is -0.139. The van der Waals surface area contributed by atoms with Crippen LogP contribution in [-0.2, 0) is 14.4 Å². The van der Waals surface area contributed by atoms with Crippen LogP contribution in [0.4, 0.5) is 0 Å². The van der Waals surface area contributed by atoms with Gasteiger partial charge in [0.1, 0.15) is 6.04 Å². The monoisotopic (exact) mass is 271 g/mol. The van der Waals surface area contributed by atoms with Gasteiger partial charge in [0.15, 0.2) is 0 Å². The molecule has 0 spiro atoms. The van der Waals surface area contributed by atoms with Crippen LogP contribution >= 0.6 is 0 Å². The molecule has 2 aliphatic rings. The Hall–Kier alpha value is -1.89. The van der Waals surface area contributed by atoms with Crippen molar-refractivity contribution in [3.05, 3.63) is 12.2 Å². The largest absolute Gasteiger partial charge is 0.480 e. The molecule has 3 atom stereocenters. The molecule has 4 N–H and O–H groups in total. The predicted octanol–water partition coefficient (Wildman–Crippen LogP) is 0.313. The third kappa shape index (κ3) is 5.09. The predicted molar refractivity (Wildman–Crippen MR) is 64.7 cm³/mol. The van der Waals surface area contributed by atoms with E-state index in [1.807, 2.05) is 0 Å². The Morgan fingerprint density at radius 3 is 2.00 bits per heavy atom. The van der Waals surface area contributed by atoms with Crippen molar-refractivity contribution in [3.8, 4) is 0 Å². The SMILES string of the molecule is O=C(O)C=CC(=O)O.O=C(O)[C@@H]1C[C@@H]2CCC[C@@H]2N1. The zero-order chi connectivity index (χ0) is 14.4. The third-order valence-corrected chi connectivity index (χ3v) is 3.28. The molecule has 0 aromatic rings. The van der Waals surface area contributed by atoms with Crippen LogP contribution in [0.25, 0.3) is 0 Å². The Balaban J connectivity index is 0.000000203. The molecule has 0 aromatic carbocycles. The van der Waals surface area contributed by atoms with Crippen LogP contribution in [0.5, 0.6) is 0 Å². The summed E-state index contributed by atoms with van der Waals surface area (Å²) in [5, 5.41) is 27.5. The Labute approximate surface area is 109 Å². The molecule has 2 rings (SSSR count). The number of rotatable bonds is 3. The normalized spacial score (nSPS) is 28.5. The highest BCUT2D eigenvalue weighted by Crippen LogP contribution is 2.34. The van der Waals surface area contributed by atoms with Gasteiger partial charge < -0.3 is 20.6 Å². The molecule has 1 saturated heterocycles. The molecule has 1 aliphatic heterocycles. The molecule has 0 amide bonds. The van der Waals surface area contributed by atoms with E-state index in [4.69, 9.17) is 15.3 Å². The quantitative estimate of drug-likeness (QED) is 0.544. The minimum atomic E-state index is -1.26. The summed E-state index contributed by atoms with van der Waals surface area (Å²) in [4.78, 5) is 29.7. The van der Waals surface area contributed by atoms with Crippen LogP contribution in [0, 0.1) is 5.92 Å². The Bertz CT molecular complexity index is 364. The molecule has 0 unspecified atom stereocenters. The molecule has 1 aliphatic carbocycles. The summed E-state index contributed by atoms with van der Waals surface area (Å²) in [6, 6.07) is 0.251. The standard InChI is InChI=1S/C8H13NO2.C4H4O4/c10-8(11)7-4-5-2-1-3-6(5)9-7;5-3(6)1-2-4(7)8/h5-7,9H,1-4H2,(H,10,11);1-2H,(H,5,6)(H,7,8)/t5-,6-,7-;/m0./s1. The molecule has 19 heavy (non-hydrogen) atoms. The van der Waals surface area contributed by atoms with Crippen molar-refractivity contribution >= 4 is 17.9 Å². The summed E-state index contributed by atoms with van der Waals surface area (Å²) in [5.74, 6) is -2.55. The maximum absolute atomic E-state index is 10.6. The van der Waals surface area contributed by atoms with Gasteiger partial charge in [-0.3, -0.25) is 4.79 Å². The summed E-state index contributed by atoms with van der Waals surface area (Å²) in [6.45, 7) is 0. The number of carboxylic acid groups (broad SMARTS) is 3. The average Bonchev–Trinajstić information content (AvgIpc) is 2.86. The van der Waals surface area contributed by atoms with Crippen molar-refractivity contribution in [3.63, 3.8) is 0 Å². The fourth-order valence-corrected chi connectivity index (χ4v) is 2.48. The van der Waals surface area contributed by atoms with E-state index in [2.05, 4.69) is 5.32 Å². The molecule has 106 valence electrons. The molecule has 0 bridgehead atoms. The average molecular weight is 271 g/mol. The lowest BCUT2D eigenvalue weighted by Gasteiger charge is -2.07. The lowest BCUT2D eigenvalue weighted by Crippen LogP contribution is -2.34. The van der Waals surface area contributed by atoms with Crippen molar-refractivity contribution in [1.29, 1.82) is 0 Å². The van der Waals surface area contributed by atoms with Crippen LogP contribution in [0.2, 0.25) is 0 Å². The van der Waals surface area contributed by atoms with Gasteiger partial charge in [-0.15, -0.1) is 0 Å². The highest BCUT2D eigenvalue weighted by atomic mass is 16.4. The van der Waals surface area contributed by atoms with E-state index in [0.717, 1.165) is 6.42 Å². The first-order chi connectivity index (χ1) is 8.90. The van der Waals surface area contributed by atoms with Gasteiger partial charge in [-0.1, -0.05) is 6.42 Å². The highest BCUT2D eigenvalue weighted by molar-refractivity contribution is 5.89. The molecule has 2 fully saturated rings. The number of hydrogen-bond acceptors (Lipinski definition) is 4. The smallest absolute Gasteiger partial charge is 0.328 e. The van der Waals surface area contributed by atoms with Crippen molar-refractivity contribution in [2.45, 2.75) is 37.8 Å². The topological polar surface area (TPSA) is 124 Å². The van der Waals surface area contributed by atoms with E-state index >= 15 is 0 Å². The number of nitrogens with one attached hydrogen (secondary N) is 1. The van der Waals surface area contributed by atoms with Gasteiger partial charge >= 0.3 is 17.9 Å². The van der Waals surface area contributed by atoms with E-state index in [1.54, 1.807) is 0 Å². The molecule has 7 heteroatoms. The zero-order valence-electron chi connectivity index (χ0n) is 10.3. The molecule has 1 saturated carbocycles. The van der Waals surface area contributed by atoms with Crippen LogP contribution < -0.4 is 5.32 Å². The van der Waals surface area contributed by atoms with Crippen molar-refractivity contribution in [2.75, 3.05) is 0 Å². The van der Waals surface area contributed by atoms with Gasteiger partial charge in [-0.25, -0.2) is 9.59 Å². The van der Waals surface area contributed by atoms with Gasteiger partial charge in [0.2, 0.25) is 0 Å². The third-order valence-electron chi connectivity index (χ3n) is 3.28. The Morgan fingerprint density at radius 2 is 1.58 bits per heavy atom. The van der Waals surface area contributed by atoms with Crippen LogP contribution in [0.3, 0.4) is 0 Å². The second-order valence-electron chi connectivity index (χ2n) is 4.60. The number of aliphatic carboxylic acids is 3. The number of carbonyl (C=O) groups is 3. The van der Waals surface area contributed by atoms with E-state index in [9.17, 15) is 14.4 Å². The maximum Gasteiger partial charge on any atom is 0.328 e. The summed E-state index contributed by atoms with van der Waals surface area (Å²) in [7, 11) is 0. The van der Waals surface area contributed by atoms with E-state index in [-0.39, 0.29) is 6.04 Å². The minimum absolute atomic E-state index is 0.259. The van der Waals surface area contributed by atoms with Gasteiger partial charge in [-0.05, 0) is 25.2 Å². The number of carboxylic acids is 3. The first-order valence-electron chi connectivity index (χ1n) is 6.03. The highest BCUT2D eigenvalue weighted by Gasteiger charge is 2.39. The van der Waals surface area contributed by atoms with Crippen molar-refractivity contribution in [1.82, 2.24) is 5.32 Å². The molecule has 0 aromatic heterocycles. The van der Waals surface area contributed by atoms with E-state index < -0.39 is 17.9 Å². The summed E-state index contributed by atoms with van der Waals surface area (Å²) < 4.78 is 0. The summed E-state index contributed by atoms with van der Waals surface area (Å²) in [5.41, 5.74) is 0. The van der Waals surface area contributed by atoms with Crippen LogP contribution in [0.1, 0.15) is 25.7 Å². The second kappa shape index (κ2) is 6.89. The zero-order valence-corrected chi connectivity index (χ0v) is 10.3. The lowest BCUT2D eigenvalue weighted by atomic mass is 10.0. The van der Waals surface area contributed by atoms with Gasteiger partial charge in [0.25, 0.3) is 0 Å². The van der Waals surface area contributed by atoms with Gasteiger partial charge in [0, 0.05) is 18.2 Å². The molecule has 0 radical (unpaired) electrons. The van der Waals surface area contributed by atoms with Gasteiger partial charge in [-0.2, -0.15) is 0 Å². The first kappa shape index (κ1) is 15.2. The number of fused-ring (bicyclic) bond motifs is 1. The van der Waals surface area contributed by atoms with Crippen LogP contribution in [0.15, 0.2) is 12.2 Å².